The average Bonchev–Trinajstić information content (AvgIpc) is 3.28. The number of carbonyl (C=O) groups is 2. The minimum atomic E-state index is -0.415. The Morgan fingerprint density at radius 2 is 2.04 bits per heavy atom. The molecule has 0 radical (unpaired) electrons. The van der Waals surface area contributed by atoms with Crippen molar-refractivity contribution in [3.8, 4) is 0 Å². The lowest BCUT2D eigenvalue weighted by atomic mass is 9.89. The molecule has 6 nitrogen and oxygen atoms in total. The molecular weight excluding hydrogens is 378 g/mol. The van der Waals surface area contributed by atoms with E-state index in [-0.39, 0.29) is 30.5 Å². The molecule has 3 rings (SSSR count). The second-order valence-corrected chi connectivity index (χ2v) is 8.64. The maximum atomic E-state index is 12.8. The van der Waals surface area contributed by atoms with Crippen LogP contribution in [-0.2, 0) is 15.9 Å². The van der Waals surface area contributed by atoms with Gasteiger partial charge in [0, 0.05) is 11.3 Å². The van der Waals surface area contributed by atoms with E-state index in [2.05, 4.69) is 33.0 Å². The van der Waals surface area contributed by atoms with Crippen LogP contribution in [0.15, 0.2) is 22.8 Å². The number of furan rings is 1. The minimum absolute atomic E-state index is 0.0105. The average molecular weight is 406 g/mol. The van der Waals surface area contributed by atoms with Crippen LogP contribution >= 0.6 is 11.3 Å². The summed E-state index contributed by atoms with van der Waals surface area (Å²) in [7, 11) is 0. The molecule has 3 heterocycles. The van der Waals surface area contributed by atoms with Gasteiger partial charge in [0.15, 0.2) is 5.76 Å². The molecule has 0 spiro atoms. The van der Waals surface area contributed by atoms with Crippen molar-refractivity contribution in [2.75, 3.05) is 11.9 Å². The van der Waals surface area contributed by atoms with Crippen LogP contribution < -0.4 is 5.32 Å². The SMILES string of the molecule is CCOC(=O)c1c(NC(=O)c2ccco2)sc2c1C[C@H](C(C)C)O[C@@H]2C(C)C. The van der Waals surface area contributed by atoms with Gasteiger partial charge in [-0.25, -0.2) is 4.79 Å². The number of esters is 1. The zero-order valence-electron chi connectivity index (χ0n) is 16.9. The zero-order chi connectivity index (χ0) is 20.4. The first kappa shape index (κ1) is 20.6. The largest absolute Gasteiger partial charge is 0.462 e. The summed E-state index contributed by atoms with van der Waals surface area (Å²) >= 11 is 1.39. The van der Waals surface area contributed by atoms with Crippen molar-refractivity contribution in [2.24, 2.45) is 11.8 Å². The standard InChI is InChI=1S/C21H27NO5S/c1-6-25-21(24)16-13-10-15(11(2)3)27-17(12(4)5)18(13)28-20(16)22-19(23)14-8-7-9-26-14/h7-9,11-12,15,17H,6,10H2,1-5H3,(H,22,23)/t15-,17-/m1/s1. The molecule has 0 saturated heterocycles. The van der Waals surface area contributed by atoms with E-state index in [4.69, 9.17) is 13.9 Å². The first-order valence-corrected chi connectivity index (χ1v) is 10.5. The van der Waals surface area contributed by atoms with E-state index < -0.39 is 11.9 Å². The third-order valence-corrected chi connectivity index (χ3v) is 6.03. The highest BCUT2D eigenvalue weighted by molar-refractivity contribution is 7.17. The summed E-state index contributed by atoms with van der Waals surface area (Å²) in [6.07, 6.45) is 1.95. The number of nitrogens with one attached hydrogen (secondary N) is 1. The van der Waals surface area contributed by atoms with Crippen molar-refractivity contribution in [3.05, 3.63) is 40.2 Å². The molecule has 2 aromatic rings. The van der Waals surface area contributed by atoms with Crippen LogP contribution in [-0.4, -0.2) is 24.6 Å². The lowest BCUT2D eigenvalue weighted by Crippen LogP contribution is -2.32. The normalized spacial score (nSPS) is 19.0. The predicted molar refractivity (Wildman–Crippen MR) is 108 cm³/mol. The van der Waals surface area contributed by atoms with Gasteiger partial charge in [0.1, 0.15) is 5.00 Å². The van der Waals surface area contributed by atoms with E-state index in [9.17, 15) is 9.59 Å². The molecule has 0 bridgehead atoms. The number of thiophene rings is 1. The molecule has 1 amide bonds. The van der Waals surface area contributed by atoms with Gasteiger partial charge in [-0.05, 0) is 36.5 Å². The van der Waals surface area contributed by atoms with Gasteiger partial charge in [-0.3, -0.25) is 4.79 Å². The molecule has 28 heavy (non-hydrogen) atoms. The molecule has 7 heteroatoms. The van der Waals surface area contributed by atoms with E-state index in [1.165, 1.54) is 17.6 Å². The molecule has 1 N–H and O–H groups in total. The molecule has 0 aliphatic carbocycles. The van der Waals surface area contributed by atoms with Gasteiger partial charge < -0.3 is 19.2 Å². The van der Waals surface area contributed by atoms with Gasteiger partial charge in [0.2, 0.25) is 0 Å². The minimum Gasteiger partial charge on any atom is -0.462 e. The Bertz CT molecular complexity index is 837. The van der Waals surface area contributed by atoms with Gasteiger partial charge in [0.05, 0.1) is 30.6 Å². The van der Waals surface area contributed by atoms with Crippen LogP contribution in [0.25, 0.3) is 0 Å². The van der Waals surface area contributed by atoms with Crippen molar-refractivity contribution in [3.63, 3.8) is 0 Å². The first-order valence-electron chi connectivity index (χ1n) is 9.66. The number of hydrogen-bond acceptors (Lipinski definition) is 6. The highest BCUT2D eigenvalue weighted by Crippen LogP contribution is 2.46. The van der Waals surface area contributed by atoms with Crippen LogP contribution in [0.5, 0.6) is 0 Å². The highest BCUT2D eigenvalue weighted by Gasteiger charge is 2.38. The molecule has 0 saturated carbocycles. The summed E-state index contributed by atoms with van der Waals surface area (Å²) < 4.78 is 16.8. The number of carbonyl (C=O) groups excluding carboxylic acids is 2. The Morgan fingerprint density at radius 3 is 2.61 bits per heavy atom. The van der Waals surface area contributed by atoms with E-state index in [1.54, 1.807) is 19.1 Å². The summed E-state index contributed by atoms with van der Waals surface area (Å²) in [4.78, 5) is 26.3. The van der Waals surface area contributed by atoms with Gasteiger partial charge in [0.25, 0.3) is 5.91 Å². The summed E-state index contributed by atoms with van der Waals surface area (Å²) in [6.45, 7) is 10.5. The Balaban J connectivity index is 2.06. The Kier molecular flexibility index (Phi) is 6.25. The third-order valence-electron chi connectivity index (χ3n) is 4.82. The van der Waals surface area contributed by atoms with Gasteiger partial charge in [-0.1, -0.05) is 27.7 Å². The lowest BCUT2D eigenvalue weighted by Gasteiger charge is -2.34. The second kappa shape index (κ2) is 8.49. The topological polar surface area (TPSA) is 77.8 Å². The van der Waals surface area contributed by atoms with Gasteiger partial charge in [-0.2, -0.15) is 0 Å². The van der Waals surface area contributed by atoms with Gasteiger partial charge >= 0.3 is 5.97 Å². The van der Waals surface area contributed by atoms with Crippen molar-refractivity contribution in [1.82, 2.24) is 0 Å². The Morgan fingerprint density at radius 1 is 1.29 bits per heavy atom. The predicted octanol–water partition coefficient (Wildman–Crippen LogP) is 5.06. The molecule has 0 fully saturated rings. The molecule has 2 atom stereocenters. The number of anilines is 1. The fraction of sp³-hybridized carbons (Fsp3) is 0.524. The first-order chi connectivity index (χ1) is 13.3. The van der Waals surface area contributed by atoms with Crippen LogP contribution in [0.1, 0.15) is 72.1 Å². The molecule has 0 aromatic carbocycles. The van der Waals surface area contributed by atoms with Crippen LogP contribution in [0.4, 0.5) is 5.00 Å². The number of amides is 1. The number of rotatable bonds is 6. The summed E-state index contributed by atoms with van der Waals surface area (Å²) in [5, 5.41) is 3.33. The van der Waals surface area contributed by atoms with E-state index >= 15 is 0 Å². The van der Waals surface area contributed by atoms with Crippen molar-refractivity contribution >= 4 is 28.2 Å². The number of fused-ring (bicyclic) bond motifs is 1. The van der Waals surface area contributed by atoms with E-state index in [0.29, 0.717) is 22.9 Å². The quantitative estimate of drug-likeness (QED) is 0.679. The van der Waals surface area contributed by atoms with Crippen molar-refractivity contribution < 1.29 is 23.5 Å². The third kappa shape index (κ3) is 4.00. The Hall–Kier alpha value is -2.12. The fourth-order valence-corrected chi connectivity index (χ4v) is 4.77. The van der Waals surface area contributed by atoms with E-state index in [0.717, 1.165) is 10.4 Å². The fourth-order valence-electron chi connectivity index (χ4n) is 3.35. The maximum Gasteiger partial charge on any atom is 0.341 e. The molecule has 2 aromatic heterocycles. The van der Waals surface area contributed by atoms with Crippen LogP contribution in [0.2, 0.25) is 0 Å². The van der Waals surface area contributed by atoms with Gasteiger partial charge in [-0.15, -0.1) is 11.3 Å². The zero-order valence-corrected chi connectivity index (χ0v) is 17.7. The van der Waals surface area contributed by atoms with E-state index in [1.807, 2.05) is 0 Å². The molecule has 152 valence electrons. The number of hydrogen-bond donors (Lipinski definition) is 1. The molecular formula is C21H27NO5S. The Labute approximate surface area is 169 Å². The van der Waals surface area contributed by atoms with Crippen LogP contribution in [0, 0.1) is 11.8 Å². The molecule has 1 aliphatic rings. The molecule has 1 aliphatic heterocycles. The van der Waals surface area contributed by atoms with Crippen LogP contribution in [0.3, 0.4) is 0 Å². The van der Waals surface area contributed by atoms with Crippen molar-refractivity contribution in [2.45, 2.75) is 53.2 Å². The van der Waals surface area contributed by atoms with Crippen molar-refractivity contribution in [1.29, 1.82) is 0 Å². The summed E-state index contributed by atoms with van der Waals surface area (Å²) in [5.41, 5.74) is 1.38. The maximum absolute atomic E-state index is 12.8. The summed E-state index contributed by atoms with van der Waals surface area (Å²) in [5.74, 6) is -0.0655. The lowest BCUT2D eigenvalue weighted by molar-refractivity contribution is -0.0671. The molecule has 0 unspecified atom stereocenters. The smallest absolute Gasteiger partial charge is 0.341 e. The number of ether oxygens (including phenoxy) is 2. The summed E-state index contributed by atoms with van der Waals surface area (Å²) in [6, 6.07) is 3.23. The monoisotopic (exact) mass is 405 g/mol. The second-order valence-electron chi connectivity index (χ2n) is 7.59. The highest BCUT2D eigenvalue weighted by atomic mass is 32.1.